The number of hydrazine groups is 1. The van der Waals surface area contributed by atoms with E-state index in [4.69, 9.17) is 10.9 Å². The lowest BCUT2D eigenvalue weighted by atomic mass is 10.1. The first-order valence-corrected chi connectivity index (χ1v) is 5.82. The lowest BCUT2D eigenvalue weighted by Crippen LogP contribution is -2.27. The zero-order valence-electron chi connectivity index (χ0n) is 10.6. The fourth-order valence-electron chi connectivity index (χ4n) is 1.34. The van der Waals surface area contributed by atoms with Gasteiger partial charge in [-0.1, -0.05) is 13.8 Å². The summed E-state index contributed by atoms with van der Waals surface area (Å²) >= 11 is 0. The molecule has 0 aliphatic carbocycles. The Labute approximate surface area is 102 Å². The molecule has 2 unspecified atom stereocenters. The fourth-order valence-corrected chi connectivity index (χ4v) is 1.34. The third kappa shape index (κ3) is 3.83. The van der Waals surface area contributed by atoms with Crippen molar-refractivity contribution in [2.24, 2.45) is 11.8 Å². The molecule has 0 spiro atoms. The summed E-state index contributed by atoms with van der Waals surface area (Å²) in [6, 6.07) is 1.88. The summed E-state index contributed by atoms with van der Waals surface area (Å²) in [5.74, 6) is 7.54. The molecule has 0 aromatic carbocycles. The molecular weight excluding hydrogens is 218 g/mol. The van der Waals surface area contributed by atoms with Gasteiger partial charge >= 0.3 is 0 Å². The number of rotatable bonds is 6. The van der Waals surface area contributed by atoms with Gasteiger partial charge in [0.05, 0.1) is 0 Å². The van der Waals surface area contributed by atoms with Crippen molar-refractivity contribution < 1.29 is 5.11 Å². The highest BCUT2D eigenvalue weighted by Crippen LogP contribution is 2.14. The lowest BCUT2D eigenvalue weighted by molar-refractivity contribution is 0.226. The van der Waals surface area contributed by atoms with E-state index in [-0.39, 0.29) is 18.6 Å². The molecule has 0 aliphatic heterocycles. The summed E-state index contributed by atoms with van der Waals surface area (Å²) in [6.45, 7) is 6.10. The van der Waals surface area contributed by atoms with Crippen LogP contribution >= 0.6 is 0 Å². The molecule has 0 amide bonds. The number of anilines is 2. The van der Waals surface area contributed by atoms with Crippen LogP contribution in [0.2, 0.25) is 0 Å². The van der Waals surface area contributed by atoms with Gasteiger partial charge in [-0.05, 0) is 12.8 Å². The van der Waals surface area contributed by atoms with Crippen LogP contribution in [0.1, 0.15) is 26.6 Å². The molecule has 0 radical (unpaired) electrons. The standard InChI is InChI=1S/C11H21N5O/c1-4-9-14-10(5-11(15-9)16-12)13-8(3)7(2)6-17/h5,7-8,17H,4,6,12H2,1-3H3,(H2,13,14,15,16). The van der Waals surface area contributed by atoms with Gasteiger partial charge in [-0.25, -0.2) is 15.8 Å². The zero-order valence-corrected chi connectivity index (χ0v) is 10.6. The number of aromatic nitrogens is 2. The number of nitrogens with two attached hydrogens (primary N) is 1. The van der Waals surface area contributed by atoms with Crippen LogP contribution in [0.15, 0.2) is 6.07 Å². The van der Waals surface area contributed by atoms with E-state index in [0.29, 0.717) is 5.82 Å². The fraction of sp³-hybridized carbons (Fsp3) is 0.636. The molecule has 0 saturated heterocycles. The van der Waals surface area contributed by atoms with Crippen LogP contribution in [-0.2, 0) is 6.42 Å². The lowest BCUT2D eigenvalue weighted by Gasteiger charge is -2.20. The van der Waals surface area contributed by atoms with Crippen molar-refractivity contribution in [2.75, 3.05) is 17.3 Å². The van der Waals surface area contributed by atoms with Gasteiger partial charge in [0, 0.05) is 25.1 Å². The van der Waals surface area contributed by atoms with Crippen LogP contribution in [0.4, 0.5) is 11.6 Å². The van der Waals surface area contributed by atoms with Crippen LogP contribution in [0.5, 0.6) is 0 Å². The van der Waals surface area contributed by atoms with Crippen molar-refractivity contribution in [1.29, 1.82) is 0 Å². The van der Waals surface area contributed by atoms with Gasteiger partial charge in [0.15, 0.2) is 0 Å². The highest BCUT2D eigenvalue weighted by Gasteiger charge is 2.12. The summed E-state index contributed by atoms with van der Waals surface area (Å²) in [5, 5.41) is 12.3. The van der Waals surface area contributed by atoms with E-state index in [2.05, 4.69) is 20.7 Å². The highest BCUT2D eigenvalue weighted by atomic mass is 16.3. The van der Waals surface area contributed by atoms with Gasteiger partial charge in [-0.15, -0.1) is 0 Å². The maximum absolute atomic E-state index is 9.08. The average molecular weight is 239 g/mol. The third-order valence-electron chi connectivity index (χ3n) is 2.75. The van der Waals surface area contributed by atoms with E-state index in [1.165, 1.54) is 0 Å². The molecule has 5 N–H and O–H groups in total. The first kappa shape index (κ1) is 13.7. The minimum Gasteiger partial charge on any atom is -0.396 e. The van der Waals surface area contributed by atoms with Crippen LogP contribution in [0.25, 0.3) is 0 Å². The van der Waals surface area contributed by atoms with E-state index in [1.807, 2.05) is 20.8 Å². The molecule has 0 saturated carbocycles. The number of aliphatic hydroxyl groups excluding tert-OH is 1. The summed E-state index contributed by atoms with van der Waals surface area (Å²) in [6.07, 6.45) is 0.744. The number of nitrogens with zero attached hydrogens (tertiary/aromatic N) is 2. The molecule has 0 fully saturated rings. The Balaban J connectivity index is 2.82. The molecule has 17 heavy (non-hydrogen) atoms. The summed E-state index contributed by atoms with van der Waals surface area (Å²) in [7, 11) is 0. The minimum absolute atomic E-state index is 0.130. The number of aryl methyl sites for hydroxylation is 1. The molecule has 1 aromatic heterocycles. The molecule has 2 atom stereocenters. The normalized spacial score (nSPS) is 14.2. The van der Waals surface area contributed by atoms with E-state index in [0.717, 1.165) is 18.1 Å². The maximum atomic E-state index is 9.08. The van der Waals surface area contributed by atoms with Gasteiger partial charge in [-0.2, -0.15) is 0 Å². The van der Waals surface area contributed by atoms with Crippen molar-refractivity contribution in [3.63, 3.8) is 0 Å². The second-order valence-electron chi connectivity index (χ2n) is 4.15. The van der Waals surface area contributed by atoms with Crippen LogP contribution in [0.3, 0.4) is 0 Å². The Morgan fingerprint density at radius 3 is 2.53 bits per heavy atom. The number of hydrogen-bond acceptors (Lipinski definition) is 6. The van der Waals surface area contributed by atoms with Crippen molar-refractivity contribution in [3.05, 3.63) is 11.9 Å². The van der Waals surface area contributed by atoms with Crippen molar-refractivity contribution in [3.8, 4) is 0 Å². The average Bonchev–Trinajstić information content (AvgIpc) is 2.36. The van der Waals surface area contributed by atoms with Crippen LogP contribution in [0, 0.1) is 5.92 Å². The minimum atomic E-state index is 0.130. The van der Waals surface area contributed by atoms with E-state index >= 15 is 0 Å². The Hall–Kier alpha value is -1.40. The van der Waals surface area contributed by atoms with Gasteiger partial charge in [0.1, 0.15) is 17.5 Å². The van der Waals surface area contributed by atoms with Crippen LogP contribution < -0.4 is 16.6 Å². The number of nitrogens with one attached hydrogen (secondary N) is 2. The molecular formula is C11H21N5O. The molecule has 1 rings (SSSR count). The molecule has 1 heterocycles. The Morgan fingerprint density at radius 1 is 1.35 bits per heavy atom. The van der Waals surface area contributed by atoms with Gasteiger partial charge in [-0.3, -0.25) is 0 Å². The first-order chi connectivity index (χ1) is 8.10. The number of aliphatic hydroxyl groups is 1. The van der Waals surface area contributed by atoms with Crippen LogP contribution in [-0.4, -0.2) is 27.7 Å². The molecule has 1 aromatic rings. The maximum Gasteiger partial charge on any atom is 0.145 e. The van der Waals surface area contributed by atoms with E-state index in [1.54, 1.807) is 6.07 Å². The summed E-state index contributed by atoms with van der Waals surface area (Å²) in [4.78, 5) is 8.56. The largest absolute Gasteiger partial charge is 0.396 e. The second kappa shape index (κ2) is 6.36. The topological polar surface area (TPSA) is 96.1 Å². The zero-order chi connectivity index (χ0) is 12.8. The smallest absolute Gasteiger partial charge is 0.145 e. The predicted octanol–water partition coefficient (Wildman–Crippen LogP) is 0.753. The Morgan fingerprint density at radius 2 is 2.00 bits per heavy atom. The van der Waals surface area contributed by atoms with Gasteiger partial charge in [0.2, 0.25) is 0 Å². The number of nitrogen functional groups attached to an aromatic ring is 1. The molecule has 96 valence electrons. The Kier molecular flexibility index (Phi) is 5.11. The first-order valence-electron chi connectivity index (χ1n) is 5.82. The second-order valence-corrected chi connectivity index (χ2v) is 4.15. The van der Waals surface area contributed by atoms with Crippen molar-refractivity contribution >= 4 is 11.6 Å². The third-order valence-corrected chi connectivity index (χ3v) is 2.75. The van der Waals surface area contributed by atoms with E-state index < -0.39 is 0 Å². The summed E-state index contributed by atoms with van der Waals surface area (Å²) in [5.41, 5.74) is 2.52. The van der Waals surface area contributed by atoms with Crippen molar-refractivity contribution in [1.82, 2.24) is 9.97 Å². The molecule has 6 nitrogen and oxygen atoms in total. The predicted molar refractivity (Wildman–Crippen MR) is 68.6 cm³/mol. The SMILES string of the molecule is CCc1nc(NN)cc(NC(C)C(C)CO)n1. The van der Waals surface area contributed by atoms with E-state index in [9.17, 15) is 0 Å². The quantitative estimate of drug-likeness (QED) is 0.432. The highest BCUT2D eigenvalue weighted by molar-refractivity contribution is 5.47. The molecule has 0 aliphatic rings. The van der Waals surface area contributed by atoms with Gasteiger partial charge in [0.25, 0.3) is 0 Å². The number of hydrogen-bond donors (Lipinski definition) is 4. The molecule has 6 heteroatoms. The van der Waals surface area contributed by atoms with Crippen molar-refractivity contribution in [2.45, 2.75) is 33.2 Å². The summed E-state index contributed by atoms with van der Waals surface area (Å²) < 4.78 is 0. The molecule has 0 bridgehead atoms. The van der Waals surface area contributed by atoms with Gasteiger partial charge < -0.3 is 15.8 Å². The Bertz CT molecular complexity index is 335. The monoisotopic (exact) mass is 239 g/mol.